The summed E-state index contributed by atoms with van der Waals surface area (Å²) < 4.78 is 6.09. The zero-order valence-corrected chi connectivity index (χ0v) is 14.0. The first-order valence-corrected chi connectivity index (χ1v) is 8.53. The van der Waals surface area contributed by atoms with Gasteiger partial charge in [-0.1, -0.05) is 12.1 Å². The van der Waals surface area contributed by atoms with Crippen molar-refractivity contribution in [1.82, 2.24) is 9.80 Å². The Morgan fingerprint density at radius 3 is 2.57 bits per heavy atom. The van der Waals surface area contributed by atoms with Crippen molar-refractivity contribution in [3.8, 4) is 0 Å². The number of piperidine rings is 1. The Bertz CT molecular complexity index is 536. The van der Waals surface area contributed by atoms with E-state index in [4.69, 9.17) is 10.5 Å². The average Bonchev–Trinajstić information content (AvgIpc) is 2.58. The summed E-state index contributed by atoms with van der Waals surface area (Å²) >= 11 is 0. The zero-order chi connectivity index (χ0) is 16.3. The van der Waals surface area contributed by atoms with Crippen LogP contribution in [0.4, 0.5) is 0 Å². The summed E-state index contributed by atoms with van der Waals surface area (Å²) in [6.07, 6.45) is 2.86. The van der Waals surface area contributed by atoms with E-state index < -0.39 is 0 Å². The van der Waals surface area contributed by atoms with Crippen LogP contribution < -0.4 is 5.73 Å². The molecule has 1 spiro atoms. The second-order valence-corrected chi connectivity index (χ2v) is 6.80. The molecule has 0 saturated carbocycles. The van der Waals surface area contributed by atoms with Gasteiger partial charge >= 0.3 is 0 Å². The van der Waals surface area contributed by atoms with Gasteiger partial charge in [0, 0.05) is 25.2 Å². The predicted octanol–water partition coefficient (Wildman–Crippen LogP) is 1.12. The van der Waals surface area contributed by atoms with Crippen molar-refractivity contribution in [1.29, 1.82) is 0 Å². The molecule has 0 bridgehead atoms. The minimum absolute atomic E-state index is 0.117. The van der Waals surface area contributed by atoms with Gasteiger partial charge in [0.2, 0.25) is 0 Å². The highest BCUT2D eigenvalue weighted by Gasteiger charge is 2.40. The molecule has 3 rings (SSSR count). The van der Waals surface area contributed by atoms with Crippen molar-refractivity contribution in [3.63, 3.8) is 0 Å². The van der Waals surface area contributed by atoms with Gasteiger partial charge in [0.1, 0.15) is 0 Å². The van der Waals surface area contributed by atoms with Crippen molar-refractivity contribution < 1.29 is 9.53 Å². The van der Waals surface area contributed by atoms with Crippen molar-refractivity contribution >= 4 is 5.91 Å². The Hall–Kier alpha value is -1.43. The zero-order valence-electron chi connectivity index (χ0n) is 14.0. The van der Waals surface area contributed by atoms with E-state index in [1.54, 1.807) is 0 Å². The lowest BCUT2D eigenvalue weighted by molar-refractivity contribution is -0.125. The summed E-state index contributed by atoms with van der Waals surface area (Å²) in [7, 11) is 2.14. The number of nitrogens with zero attached hydrogens (tertiary/aromatic N) is 2. The SMILES string of the molecule is CN1CCC2(CC1)CN(C(=O)c1ccc(CCN)cc1)CCO2. The maximum atomic E-state index is 12.8. The van der Waals surface area contributed by atoms with Crippen molar-refractivity contribution in [2.24, 2.45) is 5.73 Å². The average molecular weight is 317 g/mol. The van der Waals surface area contributed by atoms with Gasteiger partial charge < -0.3 is 20.3 Å². The molecule has 1 amide bonds. The fourth-order valence-corrected chi connectivity index (χ4v) is 3.51. The van der Waals surface area contributed by atoms with E-state index in [1.807, 2.05) is 29.2 Å². The maximum Gasteiger partial charge on any atom is 0.254 e. The molecule has 2 saturated heterocycles. The molecule has 0 atom stereocenters. The first-order valence-electron chi connectivity index (χ1n) is 8.53. The van der Waals surface area contributed by atoms with Crippen LogP contribution in [-0.2, 0) is 11.2 Å². The molecule has 0 radical (unpaired) electrons. The van der Waals surface area contributed by atoms with Crippen LogP contribution >= 0.6 is 0 Å². The number of hydrogen-bond donors (Lipinski definition) is 1. The highest BCUT2D eigenvalue weighted by molar-refractivity contribution is 5.94. The maximum absolute atomic E-state index is 12.8. The molecule has 2 N–H and O–H groups in total. The molecule has 126 valence electrons. The second kappa shape index (κ2) is 6.99. The molecule has 0 unspecified atom stereocenters. The second-order valence-electron chi connectivity index (χ2n) is 6.80. The van der Waals surface area contributed by atoms with Gasteiger partial charge in [-0.05, 0) is 50.6 Å². The first-order chi connectivity index (χ1) is 11.1. The molecule has 0 aliphatic carbocycles. The summed E-state index contributed by atoms with van der Waals surface area (Å²) in [6.45, 7) is 4.74. The van der Waals surface area contributed by atoms with Crippen LogP contribution in [0.1, 0.15) is 28.8 Å². The van der Waals surface area contributed by atoms with E-state index in [0.29, 0.717) is 26.2 Å². The summed E-state index contributed by atoms with van der Waals surface area (Å²) in [5.74, 6) is 0.117. The topological polar surface area (TPSA) is 58.8 Å². The Balaban J connectivity index is 1.67. The molecule has 23 heavy (non-hydrogen) atoms. The van der Waals surface area contributed by atoms with E-state index in [2.05, 4.69) is 11.9 Å². The van der Waals surface area contributed by atoms with E-state index in [0.717, 1.165) is 37.9 Å². The fraction of sp³-hybridized carbons (Fsp3) is 0.611. The molecule has 1 aromatic rings. The number of carbonyl (C=O) groups excluding carboxylic acids is 1. The number of benzene rings is 1. The van der Waals surface area contributed by atoms with Gasteiger partial charge in [-0.15, -0.1) is 0 Å². The number of morpholine rings is 1. The van der Waals surface area contributed by atoms with E-state index in [9.17, 15) is 4.79 Å². The Kier molecular flexibility index (Phi) is 4.99. The summed E-state index contributed by atoms with van der Waals surface area (Å²) in [5, 5.41) is 0. The molecular weight excluding hydrogens is 290 g/mol. The van der Waals surface area contributed by atoms with Gasteiger partial charge in [0.25, 0.3) is 5.91 Å². The third-order valence-corrected chi connectivity index (χ3v) is 5.07. The summed E-state index contributed by atoms with van der Waals surface area (Å²) in [4.78, 5) is 17.1. The number of rotatable bonds is 3. The van der Waals surface area contributed by atoms with Gasteiger partial charge in [-0.2, -0.15) is 0 Å². The third-order valence-electron chi connectivity index (χ3n) is 5.07. The number of ether oxygens (including phenoxy) is 1. The van der Waals surface area contributed by atoms with Crippen LogP contribution in [-0.4, -0.2) is 67.7 Å². The monoisotopic (exact) mass is 317 g/mol. The smallest absolute Gasteiger partial charge is 0.254 e. The largest absolute Gasteiger partial charge is 0.371 e. The molecule has 2 heterocycles. The van der Waals surface area contributed by atoms with Crippen molar-refractivity contribution in [3.05, 3.63) is 35.4 Å². The lowest BCUT2D eigenvalue weighted by Gasteiger charge is -2.46. The Labute approximate surface area is 138 Å². The van der Waals surface area contributed by atoms with Gasteiger partial charge in [0.15, 0.2) is 0 Å². The van der Waals surface area contributed by atoms with E-state index >= 15 is 0 Å². The van der Waals surface area contributed by atoms with Crippen LogP contribution in [0.15, 0.2) is 24.3 Å². The normalized spacial score (nSPS) is 21.6. The van der Waals surface area contributed by atoms with Crippen LogP contribution in [0.25, 0.3) is 0 Å². The minimum Gasteiger partial charge on any atom is -0.371 e. The first kappa shape index (κ1) is 16.4. The predicted molar refractivity (Wildman–Crippen MR) is 90.5 cm³/mol. The minimum atomic E-state index is -0.139. The van der Waals surface area contributed by atoms with Crippen LogP contribution in [0.2, 0.25) is 0 Å². The molecule has 5 nitrogen and oxygen atoms in total. The lowest BCUT2D eigenvalue weighted by Crippen LogP contribution is -2.57. The summed E-state index contributed by atoms with van der Waals surface area (Å²) in [6, 6.07) is 7.85. The Morgan fingerprint density at radius 1 is 1.22 bits per heavy atom. The molecule has 1 aromatic carbocycles. The third kappa shape index (κ3) is 3.74. The van der Waals surface area contributed by atoms with Gasteiger partial charge in [-0.25, -0.2) is 0 Å². The van der Waals surface area contributed by atoms with Crippen LogP contribution in [0.3, 0.4) is 0 Å². The molecule has 5 heteroatoms. The standard InChI is InChI=1S/C18H27N3O2/c1-20-10-7-18(8-11-20)14-21(12-13-23-18)17(22)16-4-2-15(3-5-16)6-9-19/h2-5H,6-14,19H2,1H3. The van der Waals surface area contributed by atoms with E-state index in [1.165, 1.54) is 5.56 Å². The van der Waals surface area contributed by atoms with Crippen LogP contribution in [0, 0.1) is 0 Å². The number of amides is 1. The number of likely N-dealkylation sites (tertiary alicyclic amines) is 1. The van der Waals surface area contributed by atoms with Gasteiger partial charge in [-0.3, -0.25) is 4.79 Å². The highest BCUT2D eigenvalue weighted by atomic mass is 16.5. The van der Waals surface area contributed by atoms with Gasteiger partial charge in [0.05, 0.1) is 18.8 Å². The molecular formula is C18H27N3O2. The van der Waals surface area contributed by atoms with Crippen molar-refractivity contribution in [2.75, 3.05) is 46.4 Å². The lowest BCUT2D eigenvalue weighted by atomic mass is 9.89. The molecule has 2 aliphatic rings. The summed E-state index contributed by atoms with van der Waals surface area (Å²) in [5.41, 5.74) is 7.37. The Morgan fingerprint density at radius 2 is 1.91 bits per heavy atom. The number of carbonyl (C=O) groups is 1. The molecule has 2 aliphatic heterocycles. The highest BCUT2D eigenvalue weighted by Crippen LogP contribution is 2.30. The molecule has 0 aromatic heterocycles. The number of nitrogens with two attached hydrogens (primary N) is 1. The van der Waals surface area contributed by atoms with Crippen molar-refractivity contribution in [2.45, 2.75) is 24.9 Å². The van der Waals surface area contributed by atoms with Crippen LogP contribution in [0.5, 0.6) is 0 Å². The number of hydrogen-bond acceptors (Lipinski definition) is 4. The molecule has 2 fully saturated rings. The fourth-order valence-electron chi connectivity index (χ4n) is 3.51. The van der Waals surface area contributed by atoms with E-state index in [-0.39, 0.29) is 11.5 Å². The quantitative estimate of drug-likeness (QED) is 0.908.